The third-order valence-corrected chi connectivity index (χ3v) is 5.20. The smallest absolute Gasteiger partial charge is 0.373 e. The molecule has 1 aliphatic heterocycles. The van der Waals surface area contributed by atoms with Crippen molar-refractivity contribution in [2.45, 2.75) is 13.5 Å². The van der Waals surface area contributed by atoms with Crippen molar-refractivity contribution in [3.8, 4) is 5.88 Å². The number of hydrogen-bond acceptors (Lipinski definition) is 6. The Morgan fingerprint density at radius 2 is 2.09 bits per heavy atom. The molecule has 2 aromatic rings. The number of nitrogens with zero attached hydrogens (tertiary/aromatic N) is 2. The summed E-state index contributed by atoms with van der Waals surface area (Å²) in [5, 5.41) is 11.7. The topological polar surface area (TPSA) is 88.7 Å². The van der Waals surface area contributed by atoms with Crippen LogP contribution in [-0.4, -0.2) is 21.7 Å². The second kappa shape index (κ2) is 7.26. The highest BCUT2D eigenvalue weighted by atomic mass is 127. The summed E-state index contributed by atoms with van der Waals surface area (Å²) in [5.74, 6) is -0.274. The normalized spacial score (nSPS) is 12.1. The largest absolute Gasteiger partial charge is 0.493 e. The first-order valence-corrected chi connectivity index (χ1v) is 8.60. The van der Waals surface area contributed by atoms with E-state index in [1.807, 2.05) is 25.1 Å². The standard InChI is InChI=1S/C13H9IN2O2S2.CO2/c1-2-16-12(18)10(20-13(16)19)9-7-5-6(14)3-4-8(7)15-11(9)17;2-1-3/h3-5,18H,2H2,1H3;. The van der Waals surface area contributed by atoms with Gasteiger partial charge in [-0.3, -0.25) is 9.36 Å². The van der Waals surface area contributed by atoms with Crippen LogP contribution in [0.3, 0.4) is 0 Å². The lowest BCUT2D eigenvalue weighted by atomic mass is 10.1. The minimum Gasteiger partial charge on any atom is -0.493 e. The Labute approximate surface area is 152 Å². The second-order valence-corrected chi connectivity index (χ2v) is 7.19. The van der Waals surface area contributed by atoms with E-state index in [0.717, 1.165) is 8.79 Å². The number of thiazole rings is 1. The van der Waals surface area contributed by atoms with Crippen LogP contribution in [0.2, 0.25) is 0 Å². The van der Waals surface area contributed by atoms with Crippen LogP contribution in [0.25, 0.3) is 5.57 Å². The van der Waals surface area contributed by atoms with Crippen LogP contribution in [0.15, 0.2) is 23.2 Å². The van der Waals surface area contributed by atoms with Gasteiger partial charge in [-0.25, -0.2) is 4.99 Å². The number of halogens is 1. The molecule has 6 nitrogen and oxygen atoms in total. The van der Waals surface area contributed by atoms with Crippen molar-refractivity contribution >= 4 is 63.8 Å². The number of hydrogen-bond donors (Lipinski definition) is 1. The molecule has 1 aliphatic rings. The molecule has 0 fully saturated rings. The van der Waals surface area contributed by atoms with Crippen molar-refractivity contribution in [1.82, 2.24) is 4.57 Å². The van der Waals surface area contributed by atoms with Crippen LogP contribution in [0, 0.1) is 7.52 Å². The first-order valence-electron chi connectivity index (χ1n) is 6.29. The molecule has 118 valence electrons. The third-order valence-electron chi connectivity index (χ3n) is 3.08. The molecule has 0 aliphatic carbocycles. The van der Waals surface area contributed by atoms with Crippen molar-refractivity contribution in [2.24, 2.45) is 4.99 Å². The van der Waals surface area contributed by atoms with Gasteiger partial charge in [-0.2, -0.15) is 9.59 Å². The van der Waals surface area contributed by atoms with Crippen molar-refractivity contribution in [3.63, 3.8) is 0 Å². The number of aromatic hydroxyl groups is 1. The maximum Gasteiger partial charge on any atom is 0.373 e. The van der Waals surface area contributed by atoms with Crippen molar-refractivity contribution in [2.75, 3.05) is 0 Å². The number of amides is 1. The lowest BCUT2D eigenvalue weighted by molar-refractivity contribution is -0.191. The minimum absolute atomic E-state index is 0.0489. The maximum absolute atomic E-state index is 12.2. The van der Waals surface area contributed by atoms with Gasteiger partial charge in [0.05, 0.1) is 10.9 Å². The van der Waals surface area contributed by atoms with Gasteiger partial charge in [0.1, 0.15) is 4.88 Å². The number of aromatic nitrogens is 1. The average molecular weight is 460 g/mol. The van der Waals surface area contributed by atoms with Crippen molar-refractivity contribution < 1.29 is 19.5 Å². The van der Waals surface area contributed by atoms with Gasteiger partial charge >= 0.3 is 6.15 Å². The fourth-order valence-electron chi connectivity index (χ4n) is 2.14. The fraction of sp³-hybridized carbons (Fsp3) is 0.143. The van der Waals surface area contributed by atoms with Crippen LogP contribution in [0.1, 0.15) is 11.8 Å². The molecule has 1 amide bonds. The third kappa shape index (κ3) is 3.32. The summed E-state index contributed by atoms with van der Waals surface area (Å²) in [4.78, 5) is 32.9. The maximum atomic E-state index is 12.2. The highest BCUT2D eigenvalue weighted by Gasteiger charge is 2.24. The SMILES string of the molecule is CCn1c(O)c(C2=c3cc(I)ccc3=NC2=O)sc1=S.O=C=O. The predicted molar refractivity (Wildman–Crippen MR) is 92.9 cm³/mol. The van der Waals surface area contributed by atoms with Crippen molar-refractivity contribution in [3.05, 3.63) is 41.2 Å². The molecule has 1 N–H and O–H groups in total. The molecule has 0 unspecified atom stereocenters. The van der Waals surface area contributed by atoms with E-state index >= 15 is 0 Å². The van der Waals surface area contributed by atoms with E-state index in [0.29, 0.717) is 26.3 Å². The Balaban J connectivity index is 0.000000595. The lowest BCUT2D eigenvalue weighted by Gasteiger charge is -2.01. The Hall–Kier alpha value is -1.68. The van der Waals surface area contributed by atoms with Crippen LogP contribution in [0.4, 0.5) is 0 Å². The molecule has 23 heavy (non-hydrogen) atoms. The van der Waals surface area contributed by atoms with Gasteiger partial charge in [-0.05, 0) is 59.9 Å². The van der Waals surface area contributed by atoms with E-state index in [-0.39, 0.29) is 17.9 Å². The van der Waals surface area contributed by atoms with E-state index in [4.69, 9.17) is 21.8 Å². The quantitative estimate of drug-likeness (QED) is 0.541. The number of benzene rings is 1. The van der Waals surface area contributed by atoms with E-state index in [1.165, 1.54) is 11.3 Å². The van der Waals surface area contributed by atoms with Crippen LogP contribution in [0.5, 0.6) is 5.88 Å². The van der Waals surface area contributed by atoms with Gasteiger partial charge in [-0.15, -0.1) is 11.3 Å². The van der Waals surface area contributed by atoms with Gasteiger partial charge in [-0.1, -0.05) is 0 Å². The summed E-state index contributed by atoms with van der Waals surface area (Å²) in [7, 11) is 0. The van der Waals surface area contributed by atoms with Crippen LogP contribution in [-0.2, 0) is 20.9 Å². The number of carbonyl (C=O) groups is 1. The highest BCUT2D eigenvalue weighted by Crippen LogP contribution is 2.32. The zero-order valence-corrected chi connectivity index (χ0v) is 15.5. The Bertz CT molecular complexity index is 1000. The molecular formula is C14H9IN2O4S2. The monoisotopic (exact) mass is 460 g/mol. The number of carbonyl (C=O) groups excluding carboxylic acids is 3. The summed E-state index contributed by atoms with van der Waals surface area (Å²) in [6.07, 6.45) is 0.250. The zero-order valence-electron chi connectivity index (χ0n) is 11.7. The number of fused-ring (bicyclic) bond motifs is 1. The molecule has 9 heteroatoms. The molecule has 1 aromatic carbocycles. The molecule has 0 atom stereocenters. The van der Waals surface area contributed by atoms with Gasteiger partial charge in [0.25, 0.3) is 5.91 Å². The lowest BCUT2D eigenvalue weighted by Crippen LogP contribution is -2.23. The van der Waals surface area contributed by atoms with Crippen LogP contribution >= 0.6 is 46.1 Å². The predicted octanol–water partition coefficient (Wildman–Crippen LogP) is 1.38. The Morgan fingerprint density at radius 1 is 1.43 bits per heavy atom. The van der Waals surface area contributed by atoms with Gasteiger partial charge < -0.3 is 5.11 Å². The molecule has 1 aromatic heterocycles. The summed E-state index contributed by atoms with van der Waals surface area (Å²) >= 11 is 8.65. The molecule has 3 rings (SSSR count). The first kappa shape index (κ1) is 17.7. The fourth-order valence-corrected chi connectivity index (χ4v) is 4.10. The first-order chi connectivity index (χ1) is 10.9. The Kier molecular flexibility index (Phi) is 5.58. The van der Waals surface area contributed by atoms with Gasteiger partial charge in [0.2, 0.25) is 5.88 Å². The van der Waals surface area contributed by atoms with Crippen molar-refractivity contribution in [1.29, 1.82) is 0 Å². The van der Waals surface area contributed by atoms with E-state index in [9.17, 15) is 9.90 Å². The average Bonchev–Trinajstić information content (AvgIpc) is 2.95. The van der Waals surface area contributed by atoms with E-state index < -0.39 is 0 Å². The molecule has 0 saturated heterocycles. The molecule has 0 spiro atoms. The summed E-state index contributed by atoms with van der Waals surface area (Å²) < 4.78 is 3.18. The van der Waals surface area contributed by atoms with Gasteiger partial charge in [0.15, 0.2) is 3.95 Å². The molecular weight excluding hydrogens is 451 g/mol. The minimum atomic E-state index is -0.322. The molecule has 0 radical (unpaired) electrons. The zero-order chi connectivity index (χ0) is 17.1. The second-order valence-electron chi connectivity index (χ2n) is 4.30. The highest BCUT2D eigenvalue weighted by molar-refractivity contribution is 14.1. The molecule has 2 heterocycles. The van der Waals surface area contributed by atoms with Gasteiger partial charge in [0, 0.05) is 15.3 Å². The summed E-state index contributed by atoms with van der Waals surface area (Å²) in [6.45, 7) is 2.47. The van der Waals surface area contributed by atoms with E-state index in [2.05, 4.69) is 27.6 Å². The molecule has 0 saturated carbocycles. The van der Waals surface area contributed by atoms with E-state index in [1.54, 1.807) is 4.57 Å². The van der Waals surface area contributed by atoms with Crippen LogP contribution < -0.4 is 10.6 Å². The number of rotatable bonds is 2. The molecule has 0 bridgehead atoms. The Morgan fingerprint density at radius 3 is 2.65 bits per heavy atom. The summed E-state index contributed by atoms with van der Waals surface area (Å²) in [5.41, 5.74) is 0.444. The summed E-state index contributed by atoms with van der Waals surface area (Å²) in [6, 6.07) is 5.62.